The molecule has 3 heteroatoms. The maximum atomic E-state index is 5.76. The third-order valence-corrected chi connectivity index (χ3v) is 4.11. The lowest BCUT2D eigenvalue weighted by atomic mass is 9.85. The van der Waals surface area contributed by atoms with Crippen molar-refractivity contribution >= 4 is 11.5 Å². The maximum absolute atomic E-state index is 5.76. The number of aromatic nitrogens is 1. The van der Waals surface area contributed by atoms with E-state index in [1.54, 1.807) is 0 Å². The predicted octanol–water partition coefficient (Wildman–Crippen LogP) is 2.43. The molecule has 1 aliphatic carbocycles. The molecule has 2 unspecified atom stereocenters. The number of nitrogens with two attached hydrogens (primary N) is 1. The van der Waals surface area contributed by atoms with Gasteiger partial charge >= 0.3 is 0 Å². The summed E-state index contributed by atoms with van der Waals surface area (Å²) in [5.74, 6) is 1.56. The zero-order valence-electron chi connectivity index (χ0n) is 9.60. The molecule has 1 saturated heterocycles. The van der Waals surface area contributed by atoms with Crippen molar-refractivity contribution in [2.75, 3.05) is 17.2 Å². The van der Waals surface area contributed by atoms with Gasteiger partial charge in [0.2, 0.25) is 0 Å². The molecule has 1 aliphatic heterocycles. The fourth-order valence-electron chi connectivity index (χ4n) is 3.34. The Morgan fingerprint density at radius 3 is 3.00 bits per heavy atom. The highest BCUT2D eigenvalue weighted by atomic mass is 15.2. The Hall–Kier alpha value is -1.25. The second-order valence-corrected chi connectivity index (χ2v) is 5.03. The average Bonchev–Trinajstić information content (AvgIpc) is 2.72. The molecular formula is C13H19N3. The predicted molar refractivity (Wildman–Crippen MR) is 66.4 cm³/mol. The quantitative estimate of drug-likeness (QED) is 0.785. The van der Waals surface area contributed by atoms with E-state index in [9.17, 15) is 0 Å². The number of pyridine rings is 1. The van der Waals surface area contributed by atoms with E-state index >= 15 is 0 Å². The third kappa shape index (κ3) is 1.64. The molecule has 1 aromatic heterocycles. The van der Waals surface area contributed by atoms with E-state index in [1.807, 2.05) is 12.3 Å². The first-order valence-electron chi connectivity index (χ1n) is 6.33. The van der Waals surface area contributed by atoms with Crippen LogP contribution in [0.25, 0.3) is 0 Å². The van der Waals surface area contributed by atoms with Crippen LogP contribution in [0.2, 0.25) is 0 Å². The van der Waals surface area contributed by atoms with Gasteiger partial charge in [0.05, 0.1) is 0 Å². The fourth-order valence-corrected chi connectivity index (χ4v) is 3.34. The van der Waals surface area contributed by atoms with Crippen LogP contribution in [-0.2, 0) is 0 Å². The maximum Gasteiger partial charge on any atom is 0.125 e. The summed E-state index contributed by atoms with van der Waals surface area (Å²) in [6.07, 6.45) is 8.76. The minimum absolute atomic E-state index is 0.636. The van der Waals surface area contributed by atoms with Gasteiger partial charge in [-0.15, -0.1) is 0 Å². The number of fused-ring (bicyclic) bond motifs is 1. The largest absolute Gasteiger partial charge is 0.384 e. The van der Waals surface area contributed by atoms with Crippen LogP contribution in [0.5, 0.6) is 0 Å². The molecule has 1 aromatic rings. The van der Waals surface area contributed by atoms with Crippen molar-refractivity contribution in [3.63, 3.8) is 0 Å². The molecule has 0 radical (unpaired) electrons. The van der Waals surface area contributed by atoms with Gasteiger partial charge in [-0.3, -0.25) is 0 Å². The molecule has 2 atom stereocenters. The Balaban J connectivity index is 1.85. The first-order valence-corrected chi connectivity index (χ1v) is 6.33. The van der Waals surface area contributed by atoms with Gasteiger partial charge in [0.15, 0.2) is 0 Å². The van der Waals surface area contributed by atoms with Gasteiger partial charge in [0.25, 0.3) is 0 Å². The fraction of sp³-hybridized carbons (Fsp3) is 0.615. The Labute approximate surface area is 96.7 Å². The lowest BCUT2D eigenvalue weighted by molar-refractivity contribution is 0.342. The van der Waals surface area contributed by atoms with Gasteiger partial charge in [0.1, 0.15) is 5.82 Å². The molecule has 0 amide bonds. The van der Waals surface area contributed by atoms with Crippen molar-refractivity contribution in [2.24, 2.45) is 5.92 Å². The monoisotopic (exact) mass is 217 g/mol. The summed E-state index contributed by atoms with van der Waals surface area (Å²) in [6, 6.07) is 4.86. The summed E-state index contributed by atoms with van der Waals surface area (Å²) in [6.45, 7) is 1.19. The number of hydrogen-bond donors (Lipinski definition) is 1. The van der Waals surface area contributed by atoms with Gasteiger partial charge in [0, 0.05) is 30.5 Å². The van der Waals surface area contributed by atoms with Crippen molar-refractivity contribution in [3.8, 4) is 0 Å². The molecule has 86 valence electrons. The highest BCUT2D eigenvalue weighted by molar-refractivity contribution is 5.53. The summed E-state index contributed by atoms with van der Waals surface area (Å²) in [7, 11) is 0. The number of nitrogen functional groups attached to an aromatic ring is 1. The zero-order valence-corrected chi connectivity index (χ0v) is 9.60. The van der Waals surface area contributed by atoms with Crippen LogP contribution in [0.4, 0.5) is 11.5 Å². The molecule has 2 fully saturated rings. The van der Waals surface area contributed by atoms with Crippen molar-refractivity contribution in [1.29, 1.82) is 0 Å². The first-order chi connectivity index (χ1) is 7.84. The highest BCUT2D eigenvalue weighted by Gasteiger charge is 2.35. The average molecular weight is 217 g/mol. The van der Waals surface area contributed by atoms with Crippen molar-refractivity contribution in [3.05, 3.63) is 18.3 Å². The number of nitrogens with zero attached hydrogens (tertiary/aromatic N) is 2. The smallest absolute Gasteiger partial charge is 0.125 e. The van der Waals surface area contributed by atoms with Gasteiger partial charge in [-0.25, -0.2) is 4.98 Å². The second-order valence-electron chi connectivity index (χ2n) is 5.03. The molecule has 1 saturated carbocycles. The molecule has 0 aromatic carbocycles. The van der Waals surface area contributed by atoms with E-state index in [2.05, 4.69) is 16.0 Å². The third-order valence-electron chi connectivity index (χ3n) is 4.11. The second kappa shape index (κ2) is 3.96. The minimum atomic E-state index is 0.636. The lowest BCUT2D eigenvalue weighted by Gasteiger charge is -2.33. The van der Waals surface area contributed by atoms with E-state index in [4.69, 9.17) is 5.73 Å². The van der Waals surface area contributed by atoms with Crippen LogP contribution in [0, 0.1) is 5.92 Å². The van der Waals surface area contributed by atoms with E-state index in [1.165, 1.54) is 44.3 Å². The minimum Gasteiger partial charge on any atom is -0.384 e. The van der Waals surface area contributed by atoms with Gasteiger partial charge < -0.3 is 10.6 Å². The molecule has 16 heavy (non-hydrogen) atoms. The highest BCUT2D eigenvalue weighted by Crippen LogP contribution is 2.38. The van der Waals surface area contributed by atoms with Crippen molar-refractivity contribution in [2.45, 2.75) is 38.1 Å². The van der Waals surface area contributed by atoms with Crippen LogP contribution in [0.15, 0.2) is 18.3 Å². The Morgan fingerprint density at radius 1 is 1.25 bits per heavy atom. The van der Waals surface area contributed by atoms with Gasteiger partial charge in [-0.2, -0.15) is 0 Å². The summed E-state index contributed by atoms with van der Waals surface area (Å²) in [5.41, 5.74) is 7.02. The van der Waals surface area contributed by atoms with Crippen LogP contribution in [0.1, 0.15) is 32.1 Å². The molecule has 2 aliphatic rings. The van der Waals surface area contributed by atoms with E-state index < -0.39 is 0 Å². The summed E-state index contributed by atoms with van der Waals surface area (Å²) in [5, 5.41) is 0. The van der Waals surface area contributed by atoms with Crippen LogP contribution < -0.4 is 10.6 Å². The Bertz CT molecular complexity index is 377. The molecule has 0 bridgehead atoms. The summed E-state index contributed by atoms with van der Waals surface area (Å²) in [4.78, 5) is 6.61. The van der Waals surface area contributed by atoms with E-state index in [0.717, 1.165) is 12.0 Å². The summed E-state index contributed by atoms with van der Waals surface area (Å²) >= 11 is 0. The standard InChI is InChI=1S/C13H19N3/c14-13-9-11(5-7-15-13)16-8-6-10-3-1-2-4-12(10)16/h5,7,9-10,12H,1-4,6,8H2,(H2,14,15). The number of anilines is 2. The molecular weight excluding hydrogens is 198 g/mol. The van der Waals surface area contributed by atoms with Crippen LogP contribution >= 0.6 is 0 Å². The molecule has 2 heterocycles. The number of rotatable bonds is 1. The van der Waals surface area contributed by atoms with Crippen LogP contribution in [0.3, 0.4) is 0 Å². The van der Waals surface area contributed by atoms with Crippen LogP contribution in [-0.4, -0.2) is 17.6 Å². The number of hydrogen-bond acceptors (Lipinski definition) is 3. The van der Waals surface area contributed by atoms with E-state index in [0.29, 0.717) is 5.82 Å². The summed E-state index contributed by atoms with van der Waals surface area (Å²) < 4.78 is 0. The Kier molecular flexibility index (Phi) is 2.46. The van der Waals surface area contributed by atoms with Gasteiger partial charge in [-0.05, 0) is 31.2 Å². The van der Waals surface area contributed by atoms with E-state index in [-0.39, 0.29) is 0 Å². The first kappa shape index (κ1) is 9.94. The Morgan fingerprint density at radius 2 is 2.12 bits per heavy atom. The van der Waals surface area contributed by atoms with Crippen molar-refractivity contribution < 1.29 is 0 Å². The molecule has 3 rings (SSSR count). The van der Waals surface area contributed by atoms with Gasteiger partial charge in [-0.1, -0.05) is 12.8 Å². The normalized spacial score (nSPS) is 29.1. The lowest BCUT2D eigenvalue weighted by Crippen LogP contribution is -2.34. The van der Waals surface area contributed by atoms with Crippen molar-refractivity contribution in [1.82, 2.24) is 4.98 Å². The molecule has 3 nitrogen and oxygen atoms in total. The topological polar surface area (TPSA) is 42.1 Å². The molecule has 0 spiro atoms. The SMILES string of the molecule is Nc1cc(N2CCC3CCCCC32)ccn1. The zero-order chi connectivity index (χ0) is 11.0. The molecule has 2 N–H and O–H groups in total.